The van der Waals surface area contributed by atoms with Gasteiger partial charge in [-0.3, -0.25) is 0 Å². The third-order valence-corrected chi connectivity index (χ3v) is 5.39. The molecule has 0 heterocycles. The summed E-state index contributed by atoms with van der Waals surface area (Å²) in [5.74, 6) is 2.59. The fraction of sp³-hybridized carbons (Fsp3) is 0.647. The van der Waals surface area contributed by atoms with Crippen LogP contribution < -0.4 is 5.32 Å². The zero-order valence-corrected chi connectivity index (χ0v) is 13.4. The minimum atomic E-state index is -0.154. The smallest absolute Gasteiger partial charge is 0.123 e. The van der Waals surface area contributed by atoms with Gasteiger partial charge < -0.3 is 5.32 Å². The van der Waals surface area contributed by atoms with Crippen LogP contribution in [0.15, 0.2) is 29.2 Å². The van der Waals surface area contributed by atoms with Crippen LogP contribution in [0.2, 0.25) is 0 Å². The zero-order chi connectivity index (χ0) is 14.4. The summed E-state index contributed by atoms with van der Waals surface area (Å²) in [4.78, 5) is 1.16. The molecular weight excluding hydrogens is 269 g/mol. The Morgan fingerprint density at radius 2 is 2.05 bits per heavy atom. The van der Waals surface area contributed by atoms with Gasteiger partial charge in [-0.2, -0.15) is 0 Å². The van der Waals surface area contributed by atoms with Gasteiger partial charge in [0.05, 0.1) is 0 Å². The van der Waals surface area contributed by atoms with Crippen molar-refractivity contribution in [2.45, 2.75) is 50.5 Å². The Morgan fingerprint density at radius 1 is 1.30 bits per heavy atom. The molecular formula is C17H26FNS. The molecule has 0 radical (unpaired) electrons. The predicted molar refractivity (Wildman–Crippen MR) is 85.7 cm³/mol. The van der Waals surface area contributed by atoms with E-state index >= 15 is 0 Å². The second-order valence-electron chi connectivity index (χ2n) is 5.96. The third kappa shape index (κ3) is 4.78. The summed E-state index contributed by atoms with van der Waals surface area (Å²) >= 11 is 1.84. The van der Waals surface area contributed by atoms with Crippen LogP contribution >= 0.6 is 11.8 Å². The van der Waals surface area contributed by atoms with Crippen molar-refractivity contribution in [1.82, 2.24) is 5.32 Å². The first-order valence-electron chi connectivity index (χ1n) is 7.80. The number of halogens is 1. The van der Waals surface area contributed by atoms with Crippen LogP contribution in [0.4, 0.5) is 4.39 Å². The van der Waals surface area contributed by atoms with E-state index < -0.39 is 0 Å². The Labute approximate surface area is 126 Å². The minimum Gasteiger partial charge on any atom is -0.313 e. The van der Waals surface area contributed by atoms with Crippen molar-refractivity contribution in [2.75, 3.05) is 12.3 Å². The van der Waals surface area contributed by atoms with Crippen molar-refractivity contribution in [3.8, 4) is 0 Å². The largest absolute Gasteiger partial charge is 0.313 e. The first-order chi connectivity index (χ1) is 9.69. The summed E-state index contributed by atoms with van der Waals surface area (Å²) in [5, 5.41) is 3.66. The van der Waals surface area contributed by atoms with Crippen molar-refractivity contribution >= 4 is 11.8 Å². The first kappa shape index (κ1) is 15.8. The van der Waals surface area contributed by atoms with Gasteiger partial charge in [-0.25, -0.2) is 4.39 Å². The van der Waals surface area contributed by atoms with E-state index in [0.717, 1.165) is 29.0 Å². The van der Waals surface area contributed by atoms with Gasteiger partial charge in [0.15, 0.2) is 0 Å². The quantitative estimate of drug-likeness (QED) is 0.762. The lowest BCUT2D eigenvalue weighted by Gasteiger charge is -2.33. The molecule has 20 heavy (non-hydrogen) atoms. The molecule has 3 atom stereocenters. The minimum absolute atomic E-state index is 0.154. The number of benzene rings is 1. The third-order valence-electron chi connectivity index (χ3n) is 4.26. The van der Waals surface area contributed by atoms with Gasteiger partial charge >= 0.3 is 0 Å². The average Bonchev–Trinajstić information content (AvgIpc) is 2.45. The highest BCUT2D eigenvalue weighted by Crippen LogP contribution is 2.33. The van der Waals surface area contributed by atoms with Gasteiger partial charge in [0.2, 0.25) is 0 Å². The average molecular weight is 295 g/mol. The SMILES string of the molecule is CCNC(CSc1ccc(F)cc1)C1CCCC(C)C1. The highest BCUT2D eigenvalue weighted by atomic mass is 32.2. The Hall–Kier alpha value is -0.540. The maximum atomic E-state index is 12.9. The number of hydrogen-bond acceptors (Lipinski definition) is 2. The summed E-state index contributed by atoms with van der Waals surface area (Å²) in [6, 6.07) is 7.44. The van der Waals surface area contributed by atoms with Crippen molar-refractivity contribution in [3.63, 3.8) is 0 Å². The Morgan fingerprint density at radius 3 is 2.70 bits per heavy atom. The lowest BCUT2D eigenvalue weighted by molar-refractivity contribution is 0.235. The van der Waals surface area contributed by atoms with Crippen molar-refractivity contribution in [1.29, 1.82) is 0 Å². The Balaban J connectivity index is 1.89. The summed E-state index contributed by atoms with van der Waals surface area (Å²) in [6.07, 6.45) is 5.46. The van der Waals surface area contributed by atoms with Gasteiger partial charge in [0.25, 0.3) is 0 Å². The highest BCUT2D eigenvalue weighted by Gasteiger charge is 2.26. The lowest BCUT2D eigenvalue weighted by Crippen LogP contribution is -2.40. The van der Waals surface area contributed by atoms with Gasteiger partial charge in [-0.05, 0) is 55.5 Å². The molecule has 1 N–H and O–H groups in total. The molecule has 1 fully saturated rings. The first-order valence-corrected chi connectivity index (χ1v) is 8.79. The summed E-state index contributed by atoms with van der Waals surface area (Å²) < 4.78 is 12.9. The van der Waals surface area contributed by atoms with Gasteiger partial charge in [0.1, 0.15) is 5.82 Å². The van der Waals surface area contributed by atoms with Crippen LogP contribution in [0.1, 0.15) is 39.5 Å². The van der Waals surface area contributed by atoms with Crippen LogP contribution in [0.25, 0.3) is 0 Å². The van der Waals surface area contributed by atoms with E-state index in [9.17, 15) is 4.39 Å². The van der Waals surface area contributed by atoms with E-state index in [0.29, 0.717) is 6.04 Å². The molecule has 1 aliphatic rings. The van der Waals surface area contributed by atoms with E-state index in [-0.39, 0.29) is 5.82 Å². The molecule has 3 unspecified atom stereocenters. The van der Waals surface area contributed by atoms with Crippen LogP contribution in [0.5, 0.6) is 0 Å². The molecule has 0 bridgehead atoms. The summed E-state index contributed by atoms with van der Waals surface area (Å²) in [6.45, 7) is 5.59. The number of thioether (sulfide) groups is 1. The molecule has 0 aliphatic heterocycles. The second kappa shape index (κ2) is 8.04. The molecule has 0 amide bonds. The second-order valence-corrected chi connectivity index (χ2v) is 7.05. The molecule has 1 nitrogen and oxygen atoms in total. The number of hydrogen-bond donors (Lipinski definition) is 1. The normalized spacial score (nSPS) is 24.6. The molecule has 1 aromatic carbocycles. The highest BCUT2D eigenvalue weighted by molar-refractivity contribution is 7.99. The molecule has 0 spiro atoms. The summed E-state index contributed by atoms with van der Waals surface area (Å²) in [7, 11) is 0. The van der Waals surface area contributed by atoms with Gasteiger partial charge in [-0.1, -0.05) is 26.7 Å². The summed E-state index contributed by atoms with van der Waals surface area (Å²) in [5.41, 5.74) is 0. The Bertz CT molecular complexity index is 392. The molecule has 1 saturated carbocycles. The monoisotopic (exact) mass is 295 g/mol. The van der Waals surface area contributed by atoms with E-state index in [1.807, 2.05) is 23.9 Å². The van der Waals surface area contributed by atoms with Crippen molar-refractivity contribution < 1.29 is 4.39 Å². The molecule has 0 aromatic heterocycles. The van der Waals surface area contributed by atoms with E-state index in [1.165, 1.54) is 25.7 Å². The van der Waals surface area contributed by atoms with Crippen LogP contribution in [-0.4, -0.2) is 18.3 Å². The maximum absolute atomic E-state index is 12.9. The predicted octanol–water partition coefficient (Wildman–Crippen LogP) is 4.72. The lowest BCUT2D eigenvalue weighted by atomic mass is 9.79. The molecule has 112 valence electrons. The topological polar surface area (TPSA) is 12.0 Å². The maximum Gasteiger partial charge on any atom is 0.123 e. The van der Waals surface area contributed by atoms with Crippen molar-refractivity contribution in [3.05, 3.63) is 30.1 Å². The molecule has 1 aliphatic carbocycles. The van der Waals surface area contributed by atoms with Crippen LogP contribution in [0, 0.1) is 17.7 Å². The van der Waals surface area contributed by atoms with E-state index in [1.54, 1.807) is 12.1 Å². The molecule has 0 saturated heterocycles. The fourth-order valence-electron chi connectivity index (χ4n) is 3.19. The zero-order valence-electron chi connectivity index (χ0n) is 12.6. The van der Waals surface area contributed by atoms with Gasteiger partial charge in [-0.15, -0.1) is 11.8 Å². The van der Waals surface area contributed by atoms with Crippen LogP contribution in [-0.2, 0) is 0 Å². The van der Waals surface area contributed by atoms with E-state index in [2.05, 4.69) is 19.2 Å². The Kier molecular flexibility index (Phi) is 6.37. The van der Waals surface area contributed by atoms with Crippen molar-refractivity contribution in [2.24, 2.45) is 11.8 Å². The number of rotatable bonds is 6. The van der Waals surface area contributed by atoms with Gasteiger partial charge in [0, 0.05) is 16.7 Å². The molecule has 3 heteroatoms. The van der Waals surface area contributed by atoms with Crippen LogP contribution in [0.3, 0.4) is 0 Å². The van der Waals surface area contributed by atoms with E-state index in [4.69, 9.17) is 0 Å². The molecule has 2 rings (SSSR count). The standard InChI is InChI=1S/C17H26FNS/c1-3-19-17(14-6-4-5-13(2)11-14)12-20-16-9-7-15(18)8-10-16/h7-10,13-14,17,19H,3-6,11-12H2,1-2H3. The fourth-order valence-corrected chi connectivity index (χ4v) is 4.28. The molecule has 1 aromatic rings. The number of nitrogens with one attached hydrogen (secondary N) is 1.